The predicted octanol–water partition coefficient (Wildman–Crippen LogP) is 2.35. The largest absolute Gasteiger partial charge is 0.393 e. The molecule has 5 nitrogen and oxygen atoms in total. The van der Waals surface area contributed by atoms with Crippen molar-refractivity contribution in [2.75, 3.05) is 0 Å². The second-order valence-corrected chi connectivity index (χ2v) is 6.70. The van der Waals surface area contributed by atoms with E-state index in [4.69, 9.17) is 0 Å². The summed E-state index contributed by atoms with van der Waals surface area (Å²) >= 11 is 1.69. The van der Waals surface area contributed by atoms with Crippen LogP contribution in [0.1, 0.15) is 31.0 Å². The molecule has 21 heavy (non-hydrogen) atoms. The van der Waals surface area contributed by atoms with Gasteiger partial charge < -0.3 is 5.11 Å². The fourth-order valence-corrected chi connectivity index (χ4v) is 3.54. The zero-order valence-corrected chi connectivity index (χ0v) is 13.3. The highest BCUT2D eigenvalue weighted by Crippen LogP contribution is 2.28. The van der Waals surface area contributed by atoms with E-state index in [1.54, 1.807) is 18.3 Å². The zero-order valence-electron chi connectivity index (χ0n) is 12.5. The summed E-state index contributed by atoms with van der Waals surface area (Å²) in [5.41, 5.74) is 1.65. The minimum atomic E-state index is -0.432. The molecular formula is C15H19N3O2S. The van der Waals surface area contributed by atoms with E-state index in [1.165, 1.54) is 9.56 Å². The lowest BCUT2D eigenvalue weighted by molar-refractivity contribution is 0.175. The van der Waals surface area contributed by atoms with Crippen molar-refractivity contribution in [3.8, 4) is 0 Å². The van der Waals surface area contributed by atoms with Crippen molar-refractivity contribution in [1.29, 1.82) is 0 Å². The summed E-state index contributed by atoms with van der Waals surface area (Å²) < 4.78 is 4.58. The maximum Gasteiger partial charge on any atom is 0.291 e. The van der Waals surface area contributed by atoms with Crippen LogP contribution in [0.2, 0.25) is 0 Å². The number of rotatable bonds is 4. The molecule has 0 saturated heterocycles. The van der Waals surface area contributed by atoms with Gasteiger partial charge in [-0.2, -0.15) is 5.10 Å². The number of hydrogen-bond donors (Lipinski definition) is 1. The molecule has 3 rings (SSSR count). The first kappa shape index (κ1) is 14.3. The maximum atomic E-state index is 12.6. The minimum absolute atomic E-state index is 0.0890. The van der Waals surface area contributed by atoms with E-state index in [0.29, 0.717) is 18.5 Å². The van der Waals surface area contributed by atoms with E-state index < -0.39 is 6.10 Å². The van der Waals surface area contributed by atoms with E-state index in [9.17, 15) is 9.90 Å². The molecule has 0 fully saturated rings. The first-order chi connectivity index (χ1) is 10.0. The topological polar surface area (TPSA) is 59.5 Å². The summed E-state index contributed by atoms with van der Waals surface area (Å²) in [6.45, 7) is 6.27. The monoisotopic (exact) mass is 305 g/mol. The third kappa shape index (κ3) is 2.38. The van der Waals surface area contributed by atoms with Gasteiger partial charge in [-0.3, -0.25) is 9.20 Å². The Balaban J connectivity index is 2.25. The van der Waals surface area contributed by atoms with Gasteiger partial charge in [0.15, 0.2) is 0 Å². The predicted molar refractivity (Wildman–Crippen MR) is 85.2 cm³/mol. The summed E-state index contributed by atoms with van der Waals surface area (Å²) in [6, 6.07) is 4.06. The number of aliphatic hydroxyl groups excluding tert-OH is 1. The van der Waals surface area contributed by atoms with E-state index >= 15 is 0 Å². The molecule has 3 heterocycles. The van der Waals surface area contributed by atoms with Gasteiger partial charge in [0.05, 0.1) is 16.3 Å². The van der Waals surface area contributed by atoms with E-state index in [-0.39, 0.29) is 5.56 Å². The van der Waals surface area contributed by atoms with Crippen molar-refractivity contribution in [1.82, 2.24) is 14.2 Å². The standard InChI is InChI=1S/C15H19N3O2S/c1-4-14-16-17(6-5-9(2)19)15(20)12-8-13-11(18(12)14)7-10(3)21-13/h7-9,19H,4-6H2,1-3H3/t9-/m1/s1. The molecule has 0 aliphatic rings. The van der Waals surface area contributed by atoms with Gasteiger partial charge in [0.1, 0.15) is 11.3 Å². The van der Waals surface area contributed by atoms with Crippen LogP contribution in [0.15, 0.2) is 16.9 Å². The van der Waals surface area contributed by atoms with Crippen LogP contribution >= 0.6 is 11.3 Å². The molecule has 1 N–H and O–H groups in total. The molecule has 0 unspecified atom stereocenters. The van der Waals surface area contributed by atoms with Gasteiger partial charge in [-0.15, -0.1) is 11.3 Å². The van der Waals surface area contributed by atoms with Crippen LogP contribution in [0.25, 0.3) is 15.7 Å². The average Bonchev–Trinajstić information content (AvgIpc) is 2.94. The molecule has 0 radical (unpaired) electrons. The molecule has 6 heteroatoms. The van der Waals surface area contributed by atoms with Crippen LogP contribution in [0.3, 0.4) is 0 Å². The van der Waals surface area contributed by atoms with Crippen molar-refractivity contribution < 1.29 is 5.11 Å². The molecule has 3 aromatic rings. The molecule has 0 amide bonds. The Morgan fingerprint density at radius 1 is 1.38 bits per heavy atom. The number of aryl methyl sites for hydroxylation is 3. The molecule has 0 aromatic carbocycles. The fourth-order valence-electron chi connectivity index (χ4n) is 2.60. The van der Waals surface area contributed by atoms with E-state index in [2.05, 4.69) is 18.1 Å². The molecule has 1 atom stereocenters. The minimum Gasteiger partial charge on any atom is -0.393 e. The van der Waals surface area contributed by atoms with Gasteiger partial charge in [-0.05, 0) is 32.4 Å². The highest BCUT2D eigenvalue weighted by Gasteiger charge is 2.15. The van der Waals surface area contributed by atoms with Crippen molar-refractivity contribution in [2.45, 2.75) is 46.3 Å². The fraction of sp³-hybridized carbons (Fsp3) is 0.467. The van der Waals surface area contributed by atoms with Gasteiger partial charge >= 0.3 is 0 Å². The number of aliphatic hydroxyl groups is 1. The summed E-state index contributed by atoms with van der Waals surface area (Å²) in [4.78, 5) is 13.8. The lowest BCUT2D eigenvalue weighted by Crippen LogP contribution is -2.28. The zero-order chi connectivity index (χ0) is 15.1. The number of hydrogen-bond acceptors (Lipinski definition) is 4. The Bertz CT molecular complexity index is 857. The maximum absolute atomic E-state index is 12.6. The van der Waals surface area contributed by atoms with Gasteiger partial charge in [0.25, 0.3) is 5.56 Å². The third-order valence-electron chi connectivity index (χ3n) is 3.64. The average molecular weight is 305 g/mol. The SMILES string of the molecule is CCc1nn(CC[C@@H](C)O)c(=O)c2cc3sc(C)cc3n12. The van der Waals surface area contributed by atoms with Crippen LogP contribution in [-0.4, -0.2) is 25.4 Å². The quantitative estimate of drug-likeness (QED) is 0.805. The number of fused-ring (bicyclic) bond motifs is 3. The van der Waals surface area contributed by atoms with Crippen molar-refractivity contribution >= 4 is 27.1 Å². The summed E-state index contributed by atoms with van der Waals surface area (Å²) in [5.74, 6) is 0.878. The second kappa shape index (κ2) is 5.27. The van der Waals surface area contributed by atoms with Crippen molar-refractivity contribution in [3.63, 3.8) is 0 Å². The Labute approximate surface area is 126 Å². The normalized spacial score (nSPS) is 13.3. The first-order valence-corrected chi connectivity index (χ1v) is 8.02. The van der Waals surface area contributed by atoms with Crippen LogP contribution in [-0.2, 0) is 13.0 Å². The van der Waals surface area contributed by atoms with Gasteiger partial charge in [0.2, 0.25) is 0 Å². The van der Waals surface area contributed by atoms with Crippen LogP contribution in [0.4, 0.5) is 0 Å². The Morgan fingerprint density at radius 3 is 2.81 bits per heavy atom. The van der Waals surface area contributed by atoms with Crippen LogP contribution in [0.5, 0.6) is 0 Å². The van der Waals surface area contributed by atoms with Gasteiger partial charge in [-0.25, -0.2) is 4.68 Å². The smallest absolute Gasteiger partial charge is 0.291 e. The highest BCUT2D eigenvalue weighted by atomic mass is 32.1. The molecule has 0 saturated carbocycles. The Kier molecular flexibility index (Phi) is 3.59. The Hall–Kier alpha value is -1.66. The first-order valence-electron chi connectivity index (χ1n) is 7.21. The third-order valence-corrected chi connectivity index (χ3v) is 4.62. The molecule has 0 spiro atoms. The second-order valence-electron chi connectivity index (χ2n) is 5.41. The molecular weight excluding hydrogens is 286 g/mol. The lowest BCUT2D eigenvalue weighted by atomic mass is 10.3. The molecule has 0 bridgehead atoms. The van der Waals surface area contributed by atoms with Crippen molar-refractivity contribution in [3.05, 3.63) is 33.2 Å². The molecule has 3 aromatic heterocycles. The number of aromatic nitrogens is 3. The molecule has 112 valence electrons. The van der Waals surface area contributed by atoms with Gasteiger partial charge in [-0.1, -0.05) is 6.92 Å². The van der Waals surface area contributed by atoms with Crippen LogP contribution < -0.4 is 5.56 Å². The van der Waals surface area contributed by atoms with Crippen LogP contribution in [0, 0.1) is 6.92 Å². The summed E-state index contributed by atoms with van der Waals surface area (Å²) in [6.07, 6.45) is 0.850. The number of nitrogens with zero attached hydrogens (tertiary/aromatic N) is 3. The summed E-state index contributed by atoms with van der Waals surface area (Å²) in [5, 5.41) is 13.9. The number of thiophene rings is 1. The highest BCUT2D eigenvalue weighted by molar-refractivity contribution is 7.19. The van der Waals surface area contributed by atoms with Gasteiger partial charge in [0, 0.05) is 17.8 Å². The van der Waals surface area contributed by atoms with Crippen molar-refractivity contribution in [2.24, 2.45) is 0 Å². The Morgan fingerprint density at radius 2 is 2.14 bits per heavy atom. The van der Waals surface area contributed by atoms with E-state index in [1.807, 2.05) is 17.4 Å². The summed E-state index contributed by atoms with van der Waals surface area (Å²) in [7, 11) is 0. The van der Waals surface area contributed by atoms with E-state index in [0.717, 1.165) is 22.5 Å². The molecule has 0 aliphatic carbocycles. The molecule has 0 aliphatic heterocycles. The lowest BCUT2D eigenvalue weighted by Gasteiger charge is -2.10.